The summed E-state index contributed by atoms with van der Waals surface area (Å²) >= 11 is 0. The van der Waals surface area contributed by atoms with Gasteiger partial charge in [0.15, 0.2) is 0 Å². The fraction of sp³-hybridized carbons (Fsp3) is 0.0952. The predicted octanol–water partition coefficient (Wildman–Crippen LogP) is 5.25. The van der Waals surface area contributed by atoms with E-state index in [1.54, 1.807) is 6.92 Å². The lowest BCUT2D eigenvalue weighted by molar-refractivity contribution is -0.140. The first-order valence-corrected chi connectivity index (χ1v) is 7.71. The molecule has 0 aliphatic heterocycles. The molecular formula is C21H18O3. The fourth-order valence-corrected chi connectivity index (χ4v) is 2.39. The molecule has 0 spiro atoms. The van der Waals surface area contributed by atoms with Crippen molar-refractivity contribution in [3.8, 4) is 11.5 Å². The first kappa shape index (κ1) is 15.8. The van der Waals surface area contributed by atoms with Crippen LogP contribution in [-0.2, 0) is 16.1 Å². The van der Waals surface area contributed by atoms with E-state index >= 15 is 0 Å². The minimum absolute atomic E-state index is 0.145. The van der Waals surface area contributed by atoms with E-state index in [4.69, 9.17) is 9.47 Å². The molecule has 0 saturated carbocycles. The minimum Gasteiger partial charge on any atom is -0.457 e. The monoisotopic (exact) mass is 318 g/mol. The normalized spacial score (nSPS) is 10.4. The zero-order valence-electron chi connectivity index (χ0n) is 13.5. The fourth-order valence-electron chi connectivity index (χ4n) is 2.39. The number of esters is 1. The third kappa shape index (κ3) is 3.46. The van der Waals surface area contributed by atoms with Crippen LogP contribution in [0.5, 0.6) is 11.5 Å². The summed E-state index contributed by atoms with van der Waals surface area (Å²) in [6.45, 7) is 5.36. The van der Waals surface area contributed by atoms with Crippen LogP contribution >= 0.6 is 0 Å². The van der Waals surface area contributed by atoms with Gasteiger partial charge in [-0.15, -0.1) is 0 Å². The number of carbonyl (C=O) groups is 1. The number of para-hydroxylation sites is 1. The lowest BCUT2D eigenvalue weighted by atomic mass is 10.1. The van der Waals surface area contributed by atoms with Crippen LogP contribution < -0.4 is 4.74 Å². The van der Waals surface area contributed by atoms with Gasteiger partial charge in [-0.1, -0.05) is 61.2 Å². The third-order valence-corrected chi connectivity index (χ3v) is 3.65. The third-order valence-electron chi connectivity index (χ3n) is 3.65. The Labute approximate surface area is 141 Å². The van der Waals surface area contributed by atoms with Gasteiger partial charge < -0.3 is 9.47 Å². The Balaban J connectivity index is 1.87. The molecule has 24 heavy (non-hydrogen) atoms. The molecule has 3 aromatic rings. The molecule has 0 radical (unpaired) electrons. The Hall–Kier alpha value is -3.07. The molecule has 0 aliphatic rings. The highest BCUT2D eigenvalue weighted by molar-refractivity contribution is 5.88. The molecular weight excluding hydrogens is 300 g/mol. The van der Waals surface area contributed by atoms with Crippen molar-refractivity contribution in [2.75, 3.05) is 0 Å². The van der Waals surface area contributed by atoms with E-state index in [1.165, 1.54) is 0 Å². The van der Waals surface area contributed by atoms with Crippen LogP contribution in [0.3, 0.4) is 0 Å². The molecule has 3 rings (SSSR count). The summed E-state index contributed by atoms with van der Waals surface area (Å²) in [6, 6.07) is 21.5. The van der Waals surface area contributed by atoms with Crippen LogP contribution in [0, 0.1) is 0 Å². The van der Waals surface area contributed by atoms with Gasteiger partial charge in [-0.25, -0.2) is 4.79 Å². The second-order valence-corrected chi connectivity index (χ2v) is 5.54. The van der Waals surface area contributed by atoms with Crippen molar-refractivity contribution < 1.29 is 14.3 Å². The van der Waals surface area contributed by atoms with Gasteiger partial charge >= 0.3 is 5.97 Å². The number of carbonyl (C=O) groups excluding carboxylic acids is 1. The summed E-state index contributed by atoms with van der Waals surface area (Å²) in [5.74, 6) is 1.03. The molecule has 0 N–H and O–H groups in total. The number of benzene rings is 3. The van der Waals surface area contributed by atoms with Crippen LogP contribution in [0.1, 0.15) is 12.5 Å². The van der Waals surface area contributed by atoms with Crippen molar-refractivity contribution in [2.45, 2.75) is 13.5 Å². The summed E-state index contributed by atoms with van der Waals surface area (Å²) < 4.78 is 11.3. The van der Waals surface area contributed by atoms with Gasteiger partial charge in [0.2, 0.25) is 0 Å². The average molecular weight is 318 g/mol. The van der Waals surface area contributed by atoms with E-state index in [9.17, 15) is 4.79 Å². The lowest BCUT2D eigenvalue weighted by Gasteiger charge is -2.13. The quantitative estimate of drug-likeness (QED) is 0.476. The molecule has 0 aliphatic carbocycles. The van der Waals surface area contributed by atoms with E-state index in [0.29, 0.717) is 11.3 Å². The van der Waals surface area contributed by atoms with Gasteiger partial charge in [0.1, 0.15) is 18.1 Å². The zero-order valence-corrected chi connectivity index (χ0v) is 13.5. The first-order valence-electron chi connectivity index (χ1n) is 7.71. The molecule has 3 heteroatoms. The van der Waals surface area contributed by atoms with Crippen molar-refractivity contribution in [3.05, 3.63) is 84.4 Å². The van der Waals surface area contributed by atoms with Gasteiger partial charge in [-0.3, -0.25) is 0 Å². The van der Waals surface area contributed by atoms with Crippen LogP contribution in [-0.4, -0.2) is 5.97 Å². The Kier molecular flexibility index (Phi) is 4.62. The summed E-state index contributed by atoms with van der Waals surface area (Å²) in [5.41, 5.74) is 1.18. The summed E-state index contributed by atoms with van der Waals surface area (Å²) in [7, 11) is 0. The topological polar surface area (TPSA) is 35.5 Å². The molecule has 0 heterocycles. The number of ether oxygens (including phenoxy) is 2. The van der Waals surface area contributed by atoms with Gasteiger partial charge in [-0.05, 0) is 24.4 Å². The van der Waals surface area contributed by atoms with E-state index < -0.39 is 5.97 Å². The number of hydrogen-bond donors (Lipinski definition) is 0. The van der Waals surface area contributed by atoms with Crippen molar-refractivity contribution in [2.24, 2.45) is 0 Å². The molecule has 0 atom stereocenters. The number of rotatable bonds is 5. The Bertz CT molecular complexity index is 891. The SMILES string of the molecule is C=C(C)C(=O)OCc1ccccc1Oc1cccc2ccccc12. The van der Waals surface area contributed by atoms with Gasteiger partial charge in [0.05, 0.1) is 0 Å². The van der Waals surface area contributed by atoms with Crippen LogP contribution in [0.4, 0.5) is 0 Å². The van der Waals surface area contributed by atoms with Gasteiger partial charge in [-0.2, -0.15) is 0 Å². The largest absolute Gasteiger partial charge is 0.457 e. The molecule has 0 aromatic heterocycles. The maximum atomic E-state index is 11.6. The second-order valence-electron chi connectivity index (χ2n) is 5.54. The average Bonchev–Trinajstić information content (AvgIpc) is 2.61. The molecule has 3 nitrogen and oxygen atoms in total. The molecule has 120 valence electrons. The van der Waals surface area contributed by atoms with E-state index in [2.05, 4.69) is 6.58 Å². The molecule has 0 fully saturated rings. The molecule has 0 amide bonds. The van der Waals surface area contributed by atoms with Crippen molar-refractivity contribution >= 4 is 16.7 Å². The summed E-state index contributed by atoms with van der Waals surface area (Å²) in [5, 5.41) is 2.15. The highest BCUT2D eigenvalue weighted by Gasteiger charge is 2.10. The van der Waals surface area contributed by atoms with Crippen molar-refractivity contribution in [3.63, 3.8) is 0 Å². The molecule has 0 bridgehead atoms. The van der Waals surface area contributed by atoms with Crippen molar-refractivity contribution in [1.29, 1.82) is 0 Å². The van der Waals surface area contributed by atoms with Crippen molar-refractivity contribution in [1.82, 2.24) is 0 Å². The first-order chi connectivity index (χ1) is 11.6. The van der Waals surface area contributed by atoms with Crippen LogP contribution in [0.25, 0.3) is 10.8 Å². The van der Waals surface area contributed by atoms with E-state index in [0.717, 1.165) is 22.1 Å². The smallest absolute Gasteiger partial charge is 0.333 e. The standard InChI is InChI=1S/C21H18O3/c1-15(2)21(22)23-14-17-9-4-6-12-19(17)24-20-13-7-10-16-8-3-5-11-18(16)20/h3-13H,1,14H2,2H3. The highest BCUT2D eigenvalue weighted by Crippen LogP contribution is 2.31. The van der Waals surface area contributed by atoms with Gasteiger partial charge in [0, 0.05) is 16.5 Å². The summed E-state index contributed by atoms with van der Waals surface area (Å²) in [6.07, 6.45) is 0. The Morgan fingerprint density at radius 3 is 2.42 bits per heavy atom. The lowest BCUT2D eigenvalue weighted by Crippen LogP contribution is -2.05. The summed E-state index contributed by atoms with van der Waals surface area (Å²) in [4.78, 5) is 11.6. The molecule has 0 saturated heterocycles. The number of hydrogen-bond acceptors (Lipinski definition) is 3. The van der Waals surface area contributed by atoms with Crippen LogP contribution in [0.15, 0.2) is 78.9 Å². The Morgan fingerprint density at radius 1 is 0.917 bits per heavy atom. The molecule has 3 aromatic carbocycles. The van der Waals surface area contributed by atoms with E-state index in [-0.39, 0.29) is 6.61 Å². The van der Waals surface area contributed by atoms with Gasteiger partial charge in [0.25, 0.3) is 0 Å². The van der Waals surface area contributed by atoms with Crippen LogP contribution in [0.2, 0.25) is 0 Å². The second kappa shape index (κ2) is 7.01. The molecule has 0 unspecified atom stereocenters. The Morgan fingerprint density at radius 2 is 1.58 bits per heavy atom. The predicted molar refractivity (Wildman–Crippen MR) is 95.1 cm³/mol. The maximum absolute atomic E-state index is 11.6. The van der Waals surface area contributed by atoms with E-state index in [1.807, 2.05) is 66.7 Å². The minimum atomic E-state index is -0.407. The highest BCUT2D eigenvalue weighted by atomic mass is 16.5. The number of fused-ring (bicyclic) bond motifs is 1. The maximum Gasteiger partial charge on any atom is 0.333 e. The zero-order chi connectivity index (χ0) is 16.9.